The van der Waals surface area contributed by atoms with Crippen molar-refractivity contribution in [1.29, 1.82) is 21.0 Å². The number of nitriles is 4. The summed E-state index contributed by atoms with van der Waals surface area (Å²) in [4.78, 5) is 37.2. The van der Waals surface area contributed by atoms with Crippen LogP contribution in [0.5, 0.6) is 0 Å². The van der Waals surface area contributed by atoms with Crippen LogP contribution in [0.25, 0.3) is 63.7 Å². The maximum Gasteiger partial charge on any atom is 0.194 e. The Morgan fingerprint density at radius 3 is 0.926 bits per heavy atom. The predicted molar refractivity (Wildman–Crippen MR) is 449 cm³/mol. The minimum Gasteiger partial charge on any atom is -0.289 e. The molecular weight excluding hydrogens is 1390 g/mol. The summed E-state index contributed by atoms with van der Waals surface area (Å²) in [5.41, 5.74) is 19.5. The van der Waals surface area contributed by atoms with E-state index in [9.17, 15) is 30.6 Å². The lowest BCUT2D eigenvalue weighted by Crippen LogP contribution is -2.30. The molecule has 10 heteroatoms. The fourth-order valence-electron chi connectivity index (χ4n) is 17.3. The Kier molecular flexibility index (Phi) is 21.8. The van der Waals surface area contributed by atoms with Gasteiger partial charge in [-0.15, -0.1) is 45.3 Å². The van der Waals surface area contributed by atoms with E-state index in [4.69, 9.17) is 0 Å². The smallest absolute Gasteiger partial charge is 0.194 e. The number of rotatable bonds is 28. The molecule has 0 amide bonds. The second-order valence-electron chi connectivity index (χ2n) is 29.4. The van der Waals surface area contributed by atoms with Gasteiger partial charge in [-0.05, 0) is 201 Å². The molecule has 0 saturated carbocycles. The van der Waals surface area contributed by atoms with Crippen molar-refractivity contribution in [3.8, 4) is 64.7 Å². The van der Waals surface area contributed by atoms with Crippen molar-refractivity contribution in [2.45, 2.75) is 167 Å². The number of thiophene rings is 4. The van der Waals surface area contributed by atoms with Gasteiger partial charge in [-0.3, -0.25) is 9.59 Å². The molecule has 534 valence electrons. The number of allylic oxidation sites excluding steroid dienone is 6. The third kappa shape index (κ3) is 13.3. The normalized spacial score (nSPS) is 14.6. The standard InChI is InChI=1S/C98H86N4O2S4/c1-5-9-13-17-25-63-33-41-69(42-34-63)97(70-43-35-64(36-44-70)26-18-14-10-6-2)83-55-80-84(56-79(83)95-85(97)57-89(107-95)87-51-49-73(105-87)53-81-91(67(59-99)60-100)75-29-21-23-31-77(75)93(81)103)98(71-45-37-65(38-46-71)27-19-15-11-7-3,72-47-39-66(40-48-72)28-20-16-12-8-4)86-58-90(108-96(80)86)88-52-50-74(106-88)54-82-92(68(61-101)62-102)76-30-22-24-32-78(76)94(82)104/h21-24,29-58H,5-20,25-28H2,1-4H3/b81-53-,82-54-. The molecule has 6 nitrogen and oxygen atoms in total. The van der Waals surface area contributed by atoms with E-state index in [1.54, 1.807) is 34.8 Å². The summed E-state index contributed by atoms with van der Waals surface area (Å²) in [6.07, 6.45) is 26.8. The molecule has 7 aromatic carbocycles. The Bertz CT molecular complexity index is 5100. The zero-order valence-electron chi connectivity index (χ0n) is 62.0. The number of carbonyl (C=O) groups excluding carboxylic acids is 2. The zero-order chi connectivity index (χ0) is 74.5. The van der Waals surface area contributed by atoms with E-state index in [0.717, 1.165) is 80.6 Å². The molecule has 0 unspecified atom stereocenters. The quantitative estimate of drug-likeness (QED) is 0.0273. The van der Waals surface area contributed by atoms with Crippen LogP contribution in [-0.4, -0.2) is 11.6 Å². The number of aryl methyl sites for hydroxylation is 4. The van der Waals surface area contributed by atoms with Crippen molar-refractivity contribution in [2.75, 3.05) is 0 Å². The second-order valence-corrected chi connectivity index (χ2v) is 33.7. The van der Waals surface area contributed by atoms with Crippen LogP contribution in [0.3, 0.4) is 0 Å². The fraction of sp³-hybridized carbons (Fsp3) is 0.265. The molecule has 11 aromatic rings. The number of carbonyl (C=O) groups is 2. The first-order chi connectivity index (χ1) is 53.0. The van der Waals surface area contributed by atoms with Crippen LogP contribution in [0.1, 0.15) is 239 Å². The van der Waals surface area contributed by atoms with Crippen LogP contribution >= 0.6 is 45.3 Å². The number of benzene rings is 7. The van der Waals surface area contributed by atoms with Gasteiger partial charge in [0.15, 0.2) is 11.6 Å². The first kappa shape index (κ1) is 73.1. The molecule has 15 rings (SSSR count). The van der Waals surface area contributed by atoms with Gasteiger partial charge in [0.1, 0.15) is 35.4 Å². The number of ketones is 2. The van der Waals surface area contributed by atoms with Crippen LogP contribution in [0.15, 0.2) is 216 Å². The lowest BCUT2D eigenvalue weighted by atomic mass is 9.65. The monoisotopic (exact) mass is 1480 g/mol. The van der Waals surface area contributed by atoms with Gasteiger partial charge in [-0.2, -0.15) is 21.0 Å². The van der Waals surface area contributed by atoms with Crippen molar-refractivity contribution < 1.29 is 9.59 Å². The molecule has 0 saturated heterocycles. The van der Waals surface area contributed by atoms with Crippen LogP contribution in [0, 0.1) is 45.3 Å². The van der Waals surface area contributed by atoms with Crippen molar-refractivity contribution in [3.05, 3.63) is 315 Å². The molecule has 4 heterocycles. The van der Waals surface area contributed by atoms with Crippen LogP contribution in [-0.2, 0) is 36.5 Å². The second kappa shape index (κ2) is 32.2. The fourth-order valence-corrected chi connectivity index (χ4v) is 21.8. The van der Waals surface area contributed by atoms with Crippen molar-refractivity contribution in [1.82, 2.24) is 0 Å². The zero-order valence-corrected chi connectivity index (χ0v) is 65.3. The van der Waals surface area contributed by atoms with E-state index in [-0.39, 0.29) is 22.7 Å². The average Bonchev–Trinajstić information content (AvgIpc) is 1.50. The van der Waals surface area contributed by atoms with E-state index in [0.29, 0.717) is 44.5 Å². The highest BCUT2D eigenvalue weighted by Gasteiger charge is 2.53. The van der Waals surface area contributed by atoms with E-state index < -0.39 is 10.8 Å². The van der Waals surface area contributed by atoms with Gasteiger partial charge in [0.05, 0.1) is 10.8 Å². The molecule has 0 aliphatic heterocycles. The minimum atomic E-state index is -0.785. The number of hydrogen-bond acceptors (Lipinski definition) is 10. The minimum absolute atomic E-state index is 0.0793. The first-order valence-corrected chi connectivity index (χ1v) is 42.2. The summed E-state index contributed by atoms with van der Waals surface area (Å²) >= 11 is 6.93. The molecule has 0 spiro atoms. The van der Waals surface area contributed by atoms with Gasteiger partial charge in [-0.1, -0.05) is 250 Å². The lowest BCUT2D eigenvalue weighted by molar-refractivity contribution is 0.103. The van der Waals surface area contributed by atoms with Crippen molar-refractivity contribution in [3.63, 3.8) is 0 Å². The Morgan fingerprint density at radius 1 is 0.324 bits per heavy atom. The molecule has 4 aromatic heterocycles. The van der Waals surface area contributed by atoms with Gasteiger partial charge >= 0.3 is 0 Å². The summed E-state index contributed by atoms with van der Waals surface area (Å²) in [6.45, 7) is 9.09. The van der Waals surface area contributed by atoms with Gasteiger partial charge in [0.25, 0.3) is 0 Å². The summed E-state index contributed by atoms with van der Waals surface area (Å²) < 4.78 is 0. The topological polar surface area (TPSA) is 129 Å². The number of nitrogens with zero attached hydrogens (tertiary/aromatic N) is 4. The Labute approximate surface area is 652 Å². The highest BCUT2D eigenvalue weighted by atomic mass is 32.1. The Balaban J connectivity index is 0.968. The van der Waals surface area contributed by atoms with Crippen LogP contribution in [0.2, 0.25) is 0 Å². The number of fused-ring (bicyclic) bond motifs is 8. The molecule has 0 fully saturated rings. The van der Waals surface area contributed by atoms with E-state index in [1.807, 2.05) is 71.2 Å². The van der Waals surface area contributed by atoms with Gasteiger partial charge in [-0.25, -0.2) is 0 Å². The molecule has 0 radical (unpaired) electrons. The summed E-state index contributed by atoms with van der Waals surface area (Å²) in [5.74, 6) is -0.389. The molecule has 0 N–H and O–H groups in total. The van der Waals surface area contributed by atoms with Gasteiger partial charge in [0.2, 0.25) is 0 Å². The van der Waals surface area contributed by atoms with Crippen molar-refractivity contribution in [2.24, 2.45) is 0 Å². The average molecular weight is 1480 g/mol. The Hall–Kier alpha value is -10.4. The Morgan fingerprint density at radius 2 is 0.630 bits per heavy atom. The highest BCUT2D eigenvalue weighted by molar-refractivity contribution is 7.25. The van der Waals surface area contributed by atoms with Crippen LogP contribution in [0.4, 0.5) is 0 Å². The molecule has 0 bridgehead atoms. The number of hydrogen-bond donors (Lipinski definition) is 0. The third-order valence-corrected chi connectivity index (χ3v) is 27.5. The number of unbranched alkanes of at least 4 members (excludes halogenated alkanes) is 12. The van der Waals surface area contributed by atoms with E-state index in [1.165, 1.54) is 165 Å². The summed E-state index contributed by atoms with van der Waals surface area (Å²) in [5, 5.41) is 41.2. The highest BCUT2D eigenvalue weighted by Crippen LogP contribution is 2.66. The SMILES string of the molecule is CCCCCCc1ccc(C2(c3ccc(CCCCCC)cc3)c3cc4c(cc3-c3sc(-c5ccc(/C=C6\C(=O)c7ccccc7C6=C(C#N)C#N)s5)cc32)C(c2ccc(CCCCCC)cc2)(c2ccc(CCCCCC)cc2)c2cc(-c3ccc(/C=C5\C(=O)c6ccccc6C5=C(C#N)C#N)s3)sc2-4)cc1. The van der Waals surface area contributed by atoms with E-state index >= 15 is 0 Å². The molecule has 108 heavy (non-hydrogen) atoms. The third-order valence-electron chi connectivity index (χ3n) is 22.7. The molecule has 4 aliphatic rings. The summed E-state index contributed by atoms with van der Waals surface area (Å²) in [7, 11) is 0. The van der Waals surface area contributed by atoms with Gasteiger partial charge < -0.3 is 0 Å². The molecule has 0 atom stereocenters. The van der Waals surface area contributed by atoms with Gasteiger partial charge in [0, 0.05) is 72.4 Å². The maximum atomic E-state index is 14.4. The maximum absolute atomic E-state index is 14.4. The lowest BCUT2D eigenvalue weighted by Gasteiger charge is -2.35. The molecule has 4 aliphatic carbocycles. The summed E-state index contributed by atoms with van der Waals surface area (Å²) in [6, 6.07) is 80.2. The molecular formula is C98H86N4O2S4. The van der Waals surface area contributed by atoms with E-state index in [2.05, 4.69) is 198 Å². The number of Topliss-reactive ketones (excluding diaryl/α,β-unsaturated/α-hetero) is 2. The predicted octanol–water partition coefficient (Wildman–Crippen LogP) is 26.6. The van der Waals surface area contributed by atoms with Crippen LogP contribution < -0.4 is 0 Å². The van der Waals surface area contributed by atoms with Crippen molar-refractivity contribution >= 4 is 80.2 Å². The largest absolute Gasteiger partial charge is 0.289 e. The first-order valence-electron chi connectivity index (χ1n) is 38.9.